The van der Waals surface area contributed by atoms with Crippen molar-refractivity contribution in [1.82, 2.24) is 10.2 Å². The number of rotatable bonds is 2. The molecule has 0 bridgehead atoms. The Kier molecular flexibility index (Phi) is 2.29. The Morgan fingerprint density at radius 3 is 2.80 bits per heavy atom. The van der Waals surface area contributed by atoms with Crippen LogP contribution >= 0.6 is 11.8 Å². The van der Waals surface area contributed by atoms with Crippen molar-refractivity contribution in [2.75, 3.05) is 11.5 Å². The molecule has 0 amide bonds. The molecule has 0 unspecified atom stereocenters. The van der Waals surface area contributed by atoms with E-state index in [4.69, 9.17) is 5.73 Å². The van der Waals surface area contributed by atoms with Crippen LogP contribution in [0.1, 0.15) is 42.9 Å². The Labute approximate surface area is 94.2 Å². The number of thioether (sulfide) groups is 1. The summed E-state index contributed by atoms with van der Waals surface area (Å²) in [5, 5.41) is 7.37. The smallest absolute Gasteiger partial charge is 0.0540 e. The third kappa shape index (κ3) is 1.70. The fourth-order valence-corrected chi connectivity index (χ4v) is 3.50. The van der Waals surface area contributed by atoms with Crippen LogP contribution in [0.3, 0.4) is 0 Å². The van der Waals surface area contributed by atoms with Gasteiger partial charge >= 0.3 is 0 Å². The van der Waals surface area contributed by atoms with Crippen molar-refractivity contribution in [3.63, 3.8) is 0 Å². The number of aromatic amines is 1. The summed E-state index contributed by atoms with van der Waals surface area (Å²) >= 11 is 2.06. The maximum absolute atomic E-state index is 6.25. The molecule has 0 aromatic carbocycles. The molecule has 3 N–H and O–H groups in total. The Balaban J connectivity index is 1.87. The Hall–Kier alpha value is -0.480. The van der Waals surface area contributed by atoms with Gasteiger partial charge in [-0.2, -0.15) is 16.9 Å². The first-order chi connectivity index (χ1) is 7.30. The number of nitrogens with two attached hydrogens (primary N) is 1. The highest BCUT2D eigenvalue weighted by Gasteiger charge is 2.43. The highest BCUT2D eigenvalue weighted by atomic mass is 32.2. The maximum atomic E-state index is 6.25. The topological polar surface area (TPSA) is 54.7 Å². The summed E-state index contributed by atoms with van der Waals surface area (Å²) < 4.78 is 0. The highest BCUT2D eigenvalue weighted by Crippen LogP contribution is 2.46. The van der Waals surface area contributed by atoms with Gasteiger partial charge in [0.1, 0.15) is 0 Å². The van der Waals surface area contributed by atoms with Crippen LogP contribution in [0.25, 0.3) is 0 Å². The first-order valence-electron chi connectivity index (χ1n) is 5.70. The molecule has 1 aliphatic heterocycles. The van der Waals surface area contributed by atoms with E-state index in [1.54, 1.807) is 0 Å². The second-order valence-electron chi connectivity index (χ2n) is 4.74. The van der Waals surface area contributed by atoms with Crippen LogP contribution in [0.4, 0.5) is 0 Å². The molecular formula is C11H17N3S. The average molecular weight is 223 g/mol. The number of aromatic nitrogens is 2. The molecular weight excluding hydrogens is 206 g/mol. The molecule has 82 valence electrons. The number of nitrogens with one attached hydrogen (secondary N) is 1. The molecule has 2 heterocycles. The quantitative estimate of drug-likeness (QED) is 0.806. The zero-order valence-corrected chi connectivity index (χ0v) is 9.65. The molecule has 1 aliphatic carbocycles. The van der Waals surface area contributed by atoms with Crippen molar-refractivity contribution in [2.45, 2.75) is 37.1 Å². The lowest BCUT2D eigenvalue weighted by Crippen LogP contribution is -2.21. The van der Waals surface area contributed by atoms with E-state index in [0.29, 0.717) is 5.92 Å². The summed E-state index contributed by atoms with van der Waals surface area (Å²) in [5.74, 6) is 3.23. The minimum atomic E-state index is -0.0348. The number of hydrogen-bond acceptors (Lipinski definition) is 3. The van der Waals surface area contributed by atoms with Gasteiger partial charge in [-0.25, -0.2) is 0 Å². The van der Waals surface area contributed by atoms with Crippen LogP contribution in [0.2, 0.25) is 0 Å². The zero-order chi connectivity index (χ0) is 10.3. The molecule has 0 spiro atoms. The van der Waals surface area contributed by atoms with E-state index in [-0.39, 0.29) is 5.54 Å². The minimum Gasteiger partial charge on any atom is -0.321 e. The summed E-state index contributed by atoms with van der Waals surface area (Å²) in [6.45, 7) is 0. The van der Waals surface area contributed by atoms with Crippen molar-refractivity contribution in [3.8, 4) is 0 Å². The molecule has 15 heavy (non-hydrogen) atoms. The molecule has 0 atom stereocenters. The molecule has 0 radical (unpaired) electrons. The van der Waals surface area contributed by atoms with E-state index in [9.17, 15) is 0 Å². The van der Waals surface area contributed by atoms with Crippen molar-refractivity contribution in [3.05, 3.63) is 17.5 Å². The molecule has 3 rings (SSSR count). The normalized spacial score (nSPS) is 25.4. The van der Waals surface area contributed by atoms with E-state index < -0.39 is 0 Å². The van der Waals surface area contributed by atoms with Gasteiger partial charge in [0.25, 0.3) is 0 Å². The zero-order valence-electron chi connectivity index (χ0n) is 8.83. The van der Waals surface area contributed by atoms with Crippen LogP contribution in [-0.4, -0.2) is 21.7 Å². The van der Waals surface area contributed by atoms with Crippen molar-refractivity contribution < 1.29 is 0 Å². The first-order valence-corrected chi connectivity index (χ1v) is 6.85. The van der Waals surface area contributed by atoms with Gasteiger partial charge in [-0.1, -0.05) is 0 Å². The Bertz CT molecular complexity index is 350. The largest absolute Gasteiger partial charge is 0.321 e. The van der Waals surface area contributed by atoms with Gasteiger partial charge in [0.2, 0.25) is 0 Å². The number of H-pyrrole nitrogens is 1. The predicted octanol–water partition coefficient (Wildman–Crippen LogP) is 1.97. The molecule has 2 aliphatic rings. The van der Waals surface area contributed by atoms with Crippen molar-refractivity contribution >= 4 is 11.8 Å². The second-order valence-corrected chi connectivity index (χ2v) is 5.96. The van der Waals surface area contributed by atoms with E-state index in [1.807, 2.05) is 6.20 Å². The summed E-state index contributed by atoms with van der Waals surface area (Å²) in [6, 6.07) is 0. The summed E-state index contributed by atoms with van der Waals surface area (Å²) in [5.41, 5.74) is 8.84. The maximum Gasteiger partial charge on any atom is 0.0540 e. The van der Waals surface area contributed by atoms with Gasteiger partial charge in [0, 0.05) is 22.7 Å². The van der Waals surface area contributed by atoms with Gasteiger partial charge in [-0.15, -0.1) is 0 Å². The van der Waals surface area contributed by atoms with Crippen molar-refractivity contribution in [1.29, 1.82) is 0 Å². The van der Waals surface area contributed by atoms with E-state index >= 15 is 0 Å². The van der Waals surface area contributed by atoms with E-state index in [0.717, 1.165) is 12.8 Å². The molecule has 1 aromatic heterocycles. The fourth-order valence-electron chi connectivity index (χ4n) is 2.39. The Morgan fingerprint density at radius 1 is 1.40 bits per heavy atom. The second kappa shape index (κ2) is 3.52. The Morgan fingerprint density at radius 2 is 2.13 bits per heavy atom. The lowest BCUT2D eigenvalue weighted by molar-refractivity contribution is 0.596. The van der Waals surface area contributed by atoms with Gasteiger partial charge < -0.3 is 5.73 Å². The lowest BCUT2D eigenvalue weighted by Gasteiger charge is -2.22. The van der Waals surface area contributed by atoms with Crippen LogP contribution < -0.4 is 5.73 Å². The summed E-state index contributed by atoms with van der Waals surface area (Å²) in [4.78, 5) is 0. The molecule has 1 saturated heterocycles. The van der Waals surface area contributed by atoms with Crippen LogP contribution in [-0.2, 0) is 5.54 Å². The monoisotopic (exact) mass is 223 g/mol. The summed E-state index contributed by atoms with van der Waals surface area (Å²) in [6.07, 6.45) is 6.75. The van der Waals surface area contributed by atoms with Crippen LogP contribution in [0, 0.1) is 0 Å². The fraction of sp³-hybridized carbons (Fsp3) is 0.727. The first kappa shape index (κ1) is 9.73. The number of nitrogens with zero attached hydrogens (tertiary/aromatic N) is 1. The van der Waals surface area contributed by atoms with Crippen LogP contribution in [0.15, 0.2) is 6.20 Å². The van der Waals surface area contributed by atoms with Gasteiger partial charge in [0.15, 0.2) is 0 Å². The molecule has 4 heteroatoms. The number of hydrogen-bond donors (Lipinski definition) is 2. The molecule has 2 fully saturated rings. The predicted molar refractivity (Wildman–Crippen MR) is 63.0 cm³/mol. The van der Waals surface area contributed by atoms with E-state index in [2.05, 4.69) is 22.0 Å². The van der Waals surface area contributed by atoms with Gasteiger partial charge in [-0.05, 0) is 37.2 Å². The van der Waals surface area contributed by atoms with E-state index in [1.165, 1.54) is 35.6 Å². The van der Waals surface area contributed by atoms with Crippen molar-refractivity contribution in [2.24, 2.45) is 5.73 Å². The van der Waals surface area contributed by atoms with Gasteiger partial charge in [-0.3, -0.25) is 5.10 Å². The third-order valence-corrected chi connectivity index (χ3v) is 4.67. The molecule has 3 nitrogen and oxygen atoms in total. The SMILES string of the molecule is NC1(c2cn[nH]c2C2CCSCC2)CC1. The third-order valence-electron chi connectivity index (χ3n) is 3.62. The minimum absolute atomic E-state index is 0.0348. The molecule has 1 aromatic rings. The lowest BCUT2D eigenvalue weighted by atomic mass is 9.92. The highest BCUT2D eigenvalue weighted by molar-refractivity contribution is 7.99. The van der Waals surface area contributed by atoms with Gasteiger partial charge in [0.05, 0.1) is 6.20 Å². The average Bonchev–Trinajstić information content (AvgIpc) is 2.85. The summed E-state index contributed by atoms with van der Waals surface area (Å²) in [7, 11) is 0. The standard InChI is InChI=1S/C11H17N3S/c12-11(3-4-11)9-7-13-14-10(9)8-1-5-15-6-2-8/h7-8H,1-6,12H2,(H,13,14). The molecule has 1 saturated carbocycles. The van der Waals surface area contributed by atoms with Crippen LogP contribution in [0.5, 0.6) is 0 Å².